The third kappa shape index (κ3) is 6.08. The van der Waals surface area contributed by atoms with Crippen molar-refractivity contribution < 1.29 is 19.4 Å². The first-order chi connectivity index (χ1) is 17.2. The highest BCUT2D eigenvalue weighted by Gasteiger charge is 2.32. The van der Waals surface area contributed by atoms with E-state index in [1.807, 2.05) is 44.2 Å². The Balaban J connectivity index is 1.54. The average Bonchev–Trinajstić information content (AvgIpc) is 3.13. The van der Waals surface area contributed by atoms with Crippen molar-refractivity contribution in [2.24, 2.45) is 4.99 Å². The van der Waals surface area contributed by atoms with E-state index in [1.54, 1.807) is 17.0 Å². The summed E-state index contributed by atoms with van der Waals surface area (Å²) in [4.78, 5) is 30.8. The minimum absolute atomic E-state index is 0.129. The number of carbonyl (C=O) groups excluding carboxylic acids is 1. The first-order valence-electron chi connectivity index (χ1n) is 11.1. The van der Waals surface area contributed by atoms with Crippen molar-refractivity contribution in [3.63, 3.8) is 0 Å². The Morgan fingerprint density at radius 3 is 2.31 bits per heavy atom. The maximum absolute atomic E-state index is 13.0. The molecule has 1 N–H and O–H groups in total. The average molecular weight is 630 g/mol. The van der Waals surface area contributed by atoms with Crippen LogP contribution in [0.2, 0.25) is 0 Å². The number of rotatable bonds is 7. The van der Waals surface area contributed by atoms with Gasteiger partial charge in [0.2, 0.25) is 0 Å². The largest absolute Gasteiger partial charge is 0.487 e. The van der Waals surface area contributed by atoms with Gasteiger partial charge >= 0.3 is 5.97 Å². The summed E-state index contributed by atoms with van der Waals surface area (Å²) < 4.78 is 7.57. The fourth-order valence-electron chi connectivity index (χ4n) is 3.45. The summed E-state index contributed by atoms with van der Waals surface area (Å²) in [5, 5.41) is 9.63. The molecule has 4 rings (SSSR count). The van der Waals surface area contributed by atoms with Crippen molar-refractivity contribution in [3.8, 4) is 5.75 Å². The van der Waals surface area contributed by atoms with Gasteiger partial charge in [0, 0.05) is 6.54 Å². The molecule has 0 atom stereocenters. The van der Waals surface area contributed by atoms with Gasteiger partial charge in [0.15, 0.2) is 5.17 Å². The number of thioether (sulfide) groups is 1. The van der Waals surface area contributed by atoms with E-state index in [-0.39, 0.29) is 11.5 Å². The number of aromatic carboxylic acids is 1. The number of amidine groups is 1. The van der Waals surface area contributed by atoms with Gasteiger partial charge in [-0.15, -0.1) is 0 Å². The molecular formula is C27H22Br2N2O4S. The van der Waals surface area contributed by atoms with Gasteiger partial charge in [-0.3, -0.25) is 9.69 Å². The van der Waals surface area contributed by atoms with E-state index in [1.165, 1.54) is 29.5 Å². The van der Waals surface area contributed by atoms with Crippen LogP contribution in [0.1, 0.15) is 34.0 Å². The zero-order valence-corrected chi connectivity index (χ0v) is 23.5. The van der Waals surface area contributed by atoms with Gasteiger partial charge in [-0.25, -0.2) is 9.79 Å². The van der Waals surface area contributed by atoms with Crippen molar-refractivity contribution >= 4 is 72.4 Å². The van der Waals surface area contributed by atoms with Crippen molar-refractivity contribution in [1.29, 1.82) is 0 Å². The number of carboxylic acids is 1. The smallest absolute Gasteiger partial charge is 0.335 e. The second-order valence-electron chi connectivity index (χ2n) is 7.99. The highest BCUT2D eigenvalue weighted by molar-refractivity contribution is 9.11. The van der Waals surface area contributed by atoms with Gasteiger partial charge in [-0.05, 0) is 111 Å². The summed E-state index contributed by atoms with van der Waals surface area (Å²) in [5.74, 6) is -0.440. The van der Waals surface area contributed by atoms with E-state index in [4.69, 9.17) is 9.84 Å². The van der Waals surface area contributed by atoms with Crippen LogP contribution in [-0.4, -0.2) is 33.6 Å². The van der Waals surface area contributed by atoms with Gasteiger partial charge in [-0.2, -0.15) is 0 Å². The van der Waals surface area contributed by atoms with E-state index in [9.17, 15) is 9.59 Å². The van der Waals surface area contributed by atoms with Crippen LogP contribution in [0.25, 0.3) is 6.08 Å². The second kappa shape index (κ2) is 11.5. The summed E-state index contributed by atoms with van der Waals surface area (Å²) in [7, 11) is 0. The van der Waals surface area contributed by atoms with Crippen LogP contribution < -0.4 is 4.74 Å². The maximum Gasteiger partial charge on any atom is 0.335 e. The lowest BCUT2D eigenvalue weighted by Crippen LogP contribution is -2.28. The van der Waals surface area contributed by atoms with E-state index in [0.29, 0.717) is 34.7 Å². The summed E-state index contributed by atoms with van der Waals surface area (Å²) in [5.41, 5.74) is 3.86. The molecule has 6 nitrogen and oxygen atoms in total. The molecule has 1 saturated heterocycles. The molecule has 36 heavy (non-hydrogen) atoms. The number of hydrogen-bond acceptors (Lipinski definition) is 5. The van der Waals surface area contributed by atoms with Gasteiger partial charge < -0.3 is 9.84 Å². The standard InChI is InChI=1S/C27H22Br2N2O4S/c1-3-31-25(32)23(36-27(31)30-20-10-8-19(9-11-20)26(33)34)14-18-12-21(28)24(22(29)13-18)35-15-17-6-4-16(2)5-7-17/h4-14H,3,15H2,1-2H3,(H,33,34)/b23-14-,30-27?. The van der Waals surface area contributed by atoms with E-state index < -0.39 is 5.97 Å². The molecule has 184 valence electrons. The zero-order valence-electron chi connectivity index (χ0n) is 19.5. The van der Waals surface area contributed by atoms with E-state index in [2.05, 4.69) is 49.0 Å². The minimum atomic E-state index is -0.996. The SMILES string of the molecule is CCN1C(=O)/C(=C/c2cc(Br)c(OCc3ccc(C)cc3)c(Br)c2)SC1=Nc1ccc(C(=O)O)cc1. The normalized spacial score (nSPS) is 15.7. The van der Waals surface area contributed by atoms with Crippen molar-refractivity contribution in [1.82, 2.24) is 4.90 Å². The fourth-order valence-corrected chi connectivity index (χ4v) is 5.96. The Kier molecular flexibility index (Phi) is 8.33. The molecule has 0 saturated carbocycles. The first-order valence-corrected chi connectivity index (χ1v) is 13.5. The molecule has 0 radical (unpaired) electrons. The van der Waals surface area contributed by atoms with Crippen LogP contribution in [0.15, 0.2) is 79.5 Å². The number of aryl methyl sites for hydroxylation is 1. The quantitative estimate of drug-likeness (QED) is 0.275. The Morgan fingerprint density at radius 1 is 1.08 bits per heavy atom. The van der Waals surface area contributed by atoms with E-state index >= 15 is 0 Å². The Hall–Kier alpha value is -2.88. The molecular weight excluding hydrogens is 608 g/mol. The van der Waals surface area contributed by atoms with Crippen LogP contribution in [0.4, 0.5) is 5.69 Å². The molecule has 3 aromatic rings. The molecule has 9 heteroatoms. The number of carboxylic acid groups (broad SMARTS) is 1. The molecule has 0 unspecified atom stereocenters. The molecule has 1 aliphatic heterocycles. The first kappa shape index (κ1) is 26.2. The van der Waals surface area contributed by atoms with Crippen molar-refractivity contribution in [3.05, 3.63) is 96.8 Å². The third-order valence-electron chi connectivity index (χ3n) is 5.37. The Labute approximate surface area is 230 Å². The number of benzene rings is 3. The number of nitrogens with zero attached hydrogens (tertiary/aromatic N) is 2. The van der Waals surface area contributed by atoms with Gasteiger partial charge in [-0.1, -0.05) is 29.8 Å². The number of carbonyl (C=O) groups is 2. The van der Waals surface area contributed by atoms with Crippen LogP contribution in [0.5, 0.6) is 5.75 Å². The number of halogens is 2. The summed E-state index contributed by atoms with van der Waals surface area (Å²) in [6.45, 7) is 4.84. The number of aliphatic imine (C=N–C) groups is 1. The number of ether oxygens (including phenoxy) is 1. The summed E-state index contributed by atoms with van der Waals surface area (Å²) in [6.07, 6.45) is 1.82. The molecule has 0 aliphatic carbocycles. The van der Waals surface area contributed by atoms with Gasteiger partial charge in [0.05, 0.1) is 25.1 Å². The van der Waals surface area contributed by atoms with Gasteiger partial charge in [0.25, 0.3) is 5.91 Å². The highest BCUT2D eigenvalue weighted by Crippen LogP contribution is 2.38. The lowest BCUT2D eigenvalue weighted by Gasteiger charge is -2.12. The molecule has 0 spiro atoms. The third-order valence-corrected chi connectivity index (χ3v) is 7.55. The predicted molar refractivity (Wildman–Crippen MR) is 151 cm³/mol. The molecule has 0 aromatic heterocycles. The minimum Gasteiger partial charge on any atom is -0.487 e. The number of hydrogen-bond donors (Lipinski definition) is 1. The molecule has 0 bridgehead atoms. The molecule has 1 heterocycles. The van der Waals surface area contributed by atoms with Crippen LogP contribution in [0, 0.1) is 6.92 Å². The number of amides is 1. The zero-order chi connectivity index (χ0) is 25.8. The van der Waals surface area contributed by atoms with Crippen LogP contribution in [0.3, 0.4) is 0 Å². The molecule has 1 amide bonds. The van der Waals surface area contributed by atoms with Crippen LogP contribution in [-0.2, 0) is 11.4 Å². The lowest BCUT2D eigenvalue weighted by atomic mass is 10.1. The topological polar surface area (TPSA) is 79.2 Å². The second-order valence-corrected chi connectivity index (χ2v) is 10.7. The fraction of sp³-hybridized carbons (Fsp3) is 0.148. The summed E-state index contributed by atoms with van der Waals surface area (Å²) >= 11 is 8.47. The van der Waals surface area contributed by atoms with Gasteiger partial charge in [0.1, 0.15) is 12.4 Å². The number of likely N-dealkylation sites (N-methyl/N-ethyl adjacent to an activating group) is 1. The Bertz CT molecular complexity index is 1350. The predicted octanol–water partition coefficient (Wildman–Crippen LogP) is 7.42. The highest BCUT2D eigenvalue weighted by atomic mass is 79.9. The van der Waals surface area contributed by atoms with Crippen molar-refractivity contribution in [2.45, 2.75) is 20.5 Å². The molecule has 1 aliphatic rings. The monoisotopic (exact) mass is 628 g/mol. The molecule has 3 aromatic carbocycles. The van der Waals surface area contributed by atoms with E-state index in [0.717, 1.165) is 20.1 Å². The Morgan fingerprint density at radius 2 is 1.72 bits per heavy atom. The summed E-state index contributed by atoms with van der Waals surface area (Å²) in [6, 6.07) is 18.2. The molecule has 1 fully saturated rings. The lowest BCUT2D eigenvalue weighted by molar-refractivity contribution is -0.122. The maximum atomic E-state index is 13.0. The van der Waals surface area contributed by atoms with Crippen LogP contribution >= 0.6 is 43.6 Å². The van der Waals surface area contributed by atoms with Crippen molar-refractivity contribution in [2.75, 3.05) is 6.54 Å².